The second-order valence-electron chi connectivity index (χ2n) is 7.94. The number of morpholine rings is 1. The zero-order valence-electron chi connectivity index (χ0n) is 16.9. The summed E-state index contributed by atoms with van der Waals surface area (Å²) in [4.78, 5) is 26.6. The number of rotatable bonds is 5. The number of ether oxygens (including phenoxy) is 1. The molecular formula is C20H28N4O5S. The van der Waals surface area contributed by atoms with Crippen LogP contribution >= 0.6 is 0 Å². The molecule has 3 aliphatic heterocycles. The number of piperidine rings is 1. The van der Waals surface area contributed by atoms with Crippen LogP contribution in [0.5, 0.6) is 0 Å². The van der Waals surface area contributed by atoms with Crippen LogP contribution < -0.4 is 10.6 Å². The van der Waals surface area contributed by atoms with E-state index in [0.717, 1.165) is 24.1 Å². The molecule has 1 unspecified atom stereocenters. The zero-order chi connectivity index (χ0) is 21.1. The Bertz CT molecular complexity index is 892. The van der Waals surface area contributed by atoms with E-state index < -0.39 is 10.0 Å². The van der Waals surface area contributed by atoms with E-state index in [4.69, 9.17) is 4.74 Å². The molecule has 0 aliphatic carbocycles. The van der Waals surface area contributed by atoms with Crippen molar-refractivity contribution in [1.29, 1.82) is 0 Å². The van der Waals surface area contributed by atoms with Crippen molar-refractivity contribution in [2.75, 3.05) is 57.0 Å². The molecule has 2 saturated heterocycles. The highest BCUT2D eigenvalue weighted by molar-refractivity contribution is 7.89. The monoisotopic (exact) mass is 436 g/mol. The number of carbonyl (C=O) groups excluding carboxylic acids is 2. The lowest BCUT2D eigenvalue weighted by Crippen LogP contribution is -2.48. The number of nitrogens with zero attached hydrogens (tertiary/aromatic N) is 2. The molecule has 2 fully saturated rings. The summed E-state index contributed by atoms with van der Waals surface area (Å²) in [5.74, 6) is -0.0503. The van der Waals surface area contributed by atoms with E-state index in [0.29, 0.717) is 39.4 Å². The van der Waals surface area contributed by atoms with E-state index in [-0.39, 0.29) is 36.1 Å². The number of hydrogen-bond acceptors (Lipinski definition) is 5. The minimum absolute atomic E-state index is 0.0346. The predicted octanol–water partition coefficient (Wildman–Crippen LogP) is 0.806. The van der Waals surface area contributed by atoms with Crippen molar-refractivity contribution in [3.8, 4) is 0 Å². The van der Waals surface area contributed by atoms with Crippen LogP contribution in [0.4, 0.5) is 10.5 Å². The number of sulfonamides is 1. The molecule has 3 amide bonds. The van der Waals surface area contributed by atoms with Crippen molar-refractivity contribution in [2.45, 2.75) is 18.8 Å². The van der Waals surface area contributed by atoms with Crippen molar-refractivity contribution < 1.29 is 22.7 Å². The lowest BCUT2D eigenvalue weighted by atomic mass is 9.81. The van der Waals surface area contributed by atoms with E-state index in [1.165, 1.54) is 4.31 Å². The van der Waals surface area contributed by atoms with Gasteiger partial charge in [0.1, 0.15) is 0 Å². The predicted molar refractivity (Wildman–Crippen MR) is 112 cm³/mol. The molecule has 1 atom stereocenters. The van der Waals surface area contributed by atoms with Gasteiger partial charge in [-0.15, -0.1) is 0 Å². The molecule has 9 nitrogen and oxygen atoms in total. The number of benzene rings is 1. The van der Waals surface area contributed by atoms with Crippen LogP contribution in [-0.2, 0) is 19.6 Å². The first kappa shape index (κ1) is 21.1. The minimum atomic E-state index is -3.39. The van der Waals surface area contributed by atoms with Gasteiger partial charge in [0.2, 0.25) is 15.9 Å². The standard InChI is InChI=1S/C20H28N4O5S/c25-19-18(16-3-1-2-4-17(16)22-19)15-5-8-23(9-6-15)20(26)21-7-14-30(27,28)24-10-12-29-13-11-24/h1-4,15,18H,5-14H2,(H,21,26)(H,22,25). The first-order valence-electron chi connectivity index (χ1n) is 10.4. The molecule has 0 bridgehead atoms. The van der Waals surface area contributed by atoms with Crippen LogP contribution in [0.15, 0.2) is 24.3 Å². The molecule has 0 radical (unpaired) electrons. The second-order valence-corrected chi connectivity index (χ2v) is 10.0. The van der Waals surface area contributed by atoms with Gasteiger partial charge in [0.15, 0.2) is 0 Å². The van der Waals surface area contributed by atoms with Gasteiger partial charge in [-0.2, -0.15) is 4.31 Å². The van der Waals surface area contributed by atoms with Crippen molar-refractivity contribution in [3.63, 3.8) is 0 Å². The normalized spacial score (nSPS) is 23.1. The van der Waals surface area contributed by atoms with Gasteiger partial charge in [0.25, 0.3) is 0 Å². The molecule has 1 aromatic rings. The third kappa shape index (κ3) is 4.45. The molecule has 10 heteroatoms. The highest BCUT2D eigenvalue weighted by Gasteiger charge is 2.38. The molecule has 0 aromatic heterocycles. The van der Waals surface area contributed by atoms with Crippen molar-refractivity contribution in [2.24, 2.45) is 5.92 Å². The van der Waals surface area contributed by atoms with Gasteiger partial charge in [-0.1, -0.05) is 18.2 Å². The van der Waals surface area contributed by atoms with Crippen molar-refractivity contribution in [1.82, 2.24) is 14.5 Å². The van der Waals surface area contributed by atoms with E-state index in [9.17, 15) is 18.0 Å². The highest BCUT2D eigenvalue weighted by Crippen LogP contribution is 2.41. The number of likely N-dealkylation sites (tertiary alicyclic amines) is 1. The van der Waals surface area contributed by atoms with E-state index in [1.54, 1.807) is 4.90 Å². The SMILES string of the molecule is O=C1Nc2ccccc2C1C1CCN(C(=O)NCCS(=O)(=O)N2CCOCC2)CC1. The first-order chi connectivity index (χ1) is 14.5. The quantitative estimate of drug-likeness (QED) is 0.710. The van der Waals surface area contributed by atoms with Crippen molar-refractivity contribution >= 4 is 27.6 Å². The Balaban J connectivity index is 1.24. The summed E-state index contributed by atoms with van der Waals surface area (Å²) in [6.45, 7) is 2.73. The molecule has 1 aromatic carbocycles. The summed E-state index contributed by atoms with van der Waals surface area (Å²) in [5.41, 5.74) is 1.92. The molecular weight excluding hydrogens is 408 g/mol. The highest BCUT2D eigenvalue weighted by atomic mass is 32.2. The maximum Gasteiger partial charge on any atom is 0.317 e. The maximum absolute atomic E-state index is 12.5. The summed E-state index contributed by atoms with van der Waals surface area (Å²) in [5, 5.41) is 5.67. The number of para-hydroxylation sites is 1. The Labute approximate surface area is 176 Å². The molecule has 3 aliphatic rings. The maximum atomic E-state index is 12.5. The van der Waals surface area contributed by atoms with Crippen LogP contribution in [0.1, 0.15) is 24.3 Å². The van der Waals surface area contributed by atoms with Crippen molar-refractivity contribution in [3.05, 3.63) is 29.8 Å². The van der Waals surface area contributed by atoms with Crippen LogP contribution in [0, 0.1) is 5.92 Å². The number of fused-ring (bicyclic) bond motifs is 1. The van der Waals surface area contributed by atoms with Gasteiger partial charge < -0.3 is 20.3 Å². The summed E-state index contributed by atoms with van der Waals surface area (Å²) >= 11 is 0. The molecule has 0 spiro atoms. The molecule has 164 valence electrons. The number of hydrogen-bond donors (Lipinski definition) is 2. The Hall–Kier alpha value is -2.17. The molecule has 0 saturated carbocycles. The number of urea groups is 1. The Morgan fingerprint density at radius 1 is 1.13 bits per heavy atom. The number of nitrogens with one attached hydrogen (secondary N) is 2. The van der Waals surface area contributed by atoms with Gasteiger partial charge in [0.05, 0.1) is 24.9 Å². The first-order valence-corrected chi connectivity index (χ1v) is 12.0. The van der Waals surface area contributed by atoms with Crippen LogP contribution in [0.3, 0.4) is 0 Å². The zero-order valence-corrected chi connectivity index (χ0v) is 17.7. The van der Waals surface area contributed by atoms with Gasteiger partial charge >= 0.3 is 6.03 Å². The Kier molecular flexibility index (Phi) is 6.26. The number of amides is 3. The topological polar surface area (TPSA) is 108 Å². The smallest absolute Gasteiger partial charge is 0.317 e. The van der Waals surface area contributed by atoms with Gasteiger partial charge in [0, 0.05) is 38.4 Å². The fourth-order valence-electron chi connectivity index (χ4n) is 4.49. The average Bonchev–Trinajstić information content (AvgIpc) is 3.10. The molecule has 4 rings (SSSR count). The minimum Gasteiger partial charge on any atom is -0.379 e. The second kappa shape index (κ2) is 8.91. The third-order valence-corrected chi connectivity index (χ3v) is 8.01. The average molecular weight is 437 g/mol. The van der Waals surface area contributed by atoms with Gasteiger partial charge in [-0.05, 0) is 30.4 Å². The third-order valence-electron chi connectivity index (χ3n) is 6.13. The lowest BCUT2D eigenvalue weighted by Gasteiger charge is -2.34. The molecule has 3 heterocycles. The van der Waals surface area contributed by atoms with Gasteiger partial charge in [-0.3, -0.25) is 4.79 Å². The molecule has 30 heavy (non-hydrogen) atoms. The lowest BCUT2D eigenvalue weighted by molar-refractivity contribution is -0.118. The van der Waals surface area contributed by atoms with Crippen LogP contribution in [0.2, 0.25) is 0 Å². The van der Waals surface area contributed by atoms with E-state index in [2.05, 4.69) is 10.6 Å². The summed E-state index contributed by atoms with van der Waals surface area (Å²) in [7, 11) is -3.39. The fourth-order valence-corrected chi connectivity index (χ4v) is 5.81. The molecule has 2 N–H and O–H groups in total. The van der Waals surface area contributed by atoms with Crippen LogP contribution in [0.25, 0.3) is 0 Å². The summed E-state index contributed by atoms with van der Waals surface area (Å²) in [6.07, 6.45) is 1.48. The van der Waals surface area contributed by atoms with Crippen LogP contribution in [-0.4, -0.2) is 81.3 Å². The summed E-state index contributed by atoms with van der Waals surface area (Å²) in [6, 6.07) is 7.52. The fraction of sp³-hybridized carbons (Fsp3) is 0.600. The Morgan fingerprint density at radius 3 is 2.57 bits per heavy atom. The van der Waals surface area contributed by atoms with Gasteiger partial charge in [-0.25, -0.2) is 13.2 Å². The van der Waals surface area contributed by atoms with E-state index in [1.807, 2.05) is 24.3 Å². The number of carbonyl (C=O) groups is 2. The largest absolute Gasteiger partial charge is 0.379 e. The Morgan fingerprint density at radius 2 is 1.83 bits per heavy atom. The summed E-state index contributed by atoms with van der Waals surface area (Å²) < 4.78 is 31.3. The number of anilines is 1. The van der Waals surface area contributed by atoms with E-state index >= 15 is 0 Å².